The van der Waals surface area contributed by atoms with Crippen LogP contribution in [0.5, 0.6) is 0 Å². The Balaban J connectivity index is 0.00000380. The number of fused-ring (bicyclic) bond motifs is 1. The van der Waals surface area contributed by atoms with Crippen LogP contribution in [0.1, 0.15) is 46.0 Å². The summed E-state index contributed by atoms with van der Waals surface area (Å²) in [5.41, 5.74) is 6.53. The van der Waals surface area contributed by atoms with Crippen LogP contribution in [0.25, 0.3) is 10.9 Å². The van der Waals surface area contributed by atoms with Gasteiger partial charge in [-0.2, -0.15) is 4.98 Å². The third-order valence-electron chi connectivity index (χ3n) is 6.73. The smallest absolute Gasteiger partial charge is 0.241 e. The Bertz CT molecular complexity index is 1250. The minimum atomic E-state index is -3.52. The second kappa shape index (κ2) is 14.0. The van der Waals surface area contributed by atoms with E-state index >= 15 is 0 Å². The normalized spacial score (nSPS) is 17.8. The molecule has 3 aromatic rings. The highest BCUT2D eigenvalue weighted by molar-refractivity contribution is 9.10. The average molecular weight is 592 g/mol. The lowest BCUT2D eigenvalue weighted by molar-refractivity contribution is 0.284. The molecule has 1 aromatic heterocycles. The monoisotopic (exact) mass is 590 g/mol. The molecule has 0 amide bonds. The third kappa shape index (κ3) is 8.10. The van der Waals surface area contributed by atoms with Gasteiger partial charge in [-0.25, -0.2) is 18.1 Å². The largest absolute Gasteiger partial charge is 0.369 e. The predicted molar refractivity (Wildman–Crippen MR) is 156 cm³/mol. The molecule has 8 nitrogen and oxygen atoms in total. The van der Waals surface area contributed by atoms with Gasteiger partial charge in [0.25, 0.3) is 0 Å². The van der Waals surface area contributed by atoms with Crippen LogP contribution in [0.2, 0.25) is 0 Å². The van der Waals surface area contributed by atoms with Gasteiger partial charge in [-0.1, -0.05) is 31.7 Å². The highest BCUT2D eigenvalue weighted by Crippen LogP contribution is 2.30. The molecule has 10 heteroatoms. The van der Waals surface area contributed by atoms with Crippen LogP contribution in [-0.2, 0) is 10.0 Å². The fourth-order valence-electron chi connectivity index (χ4n) is 4.61. The first kappa shape index (κ1) is 29.3. The molecule has 0 unspecified atom stereocenters. The van der Waals surface area contributed by atoms with E-state index < -0.39 is 10.0 Å². The van der Waals surface area contributed by atoms with E-state index in [1.54, 1.807) is 18.2 Å². The number of hydrogen-bond donors (Lipinski definition) is 4. The number of nitrogens with zero attached hydrogens (tertiary/aromatic N) is 2. The zero-order valence-corrected chi connectivity index (χ0v) is 22.8. The number of aromatic nitrogens is 2. The number of sulfonamides is 1. The lowest BCUT2D eigenvalue weighted by atomic mass is 9.82. The van der Waals surface area contributed by atoms with Gasteiger partial charge in [0.2, 0.25) is 16.0 Å². The SMILES string of the molecule is C.NCCCCNc1nc(NCC2CCC(CNS(=O)(=O)c3ccccc3Br)CC2)nc2ccccc12. The van der Waals surface area contributed by atoms with Gasteiger partial charge in [0.15, 0.2) is 0 Å². The highest BCUT2D eigenvalue weighted by Gasteiger charge is 2.24. The maximum Gasteiger partial charge on any atom is 0.241 e. The van der Waals surface area contributed by atoms with Crippen LogP contribution in [0, 0.1) is 11.8 Å². The quantitative estimate of drug-likeness (QED) is 0.209. The summed E-state index contributed by atoms with van der Waals surface area (Å²) in [6, 6.07) is 14.9. The van der Waals surface area contributed by atoms with Gasteiger partial charge in [0, 0.05) is 29.5 Å². The summed E-state index contributed by atoms with van der Waals surface area (Å²) in [5, 5.41) is 7.91. The molecule has 5 N–H and O–H groups in total. The second-order valence-corrected chi connectivity index (χ2v) is 12.0. The third-order valence-corrected chi connectivity index (χ3v) is 9.17. The Morgan fingerprint density at radius 2 is 1.57 bits per heavy atom. The molecule has 2 aromatic carbocycles. The molecular weight excluding hydrogens is 552 g/mol. The lowest BCUT2D eigenvalue weighted by Crippen LogP contribution is -2.32. The van der Waals surface area contributed by atoms with E-state index in [2.05, 4.69) is 31.3 Å². The lowest BCUT2D eigenvalue weighted by Gasteiger charge is -2.28. The summed E-state index contributed by atoms with van der Waals surface area (Å²) in [6.07, 6.45) is 6.07. The standard InChI is InChI=1S/C26H35BrN6O2S.CH4/c27-22-8-2-4-10-24(22)36(34,35)31-18-20-13-11-19(12-14-20)17-30-26-32-23-9-3-1-7-21(23)25(33-26)29-16-6-5-15-28;/h1-4,7-10,19-20,31H,5-6,11-18,28H2,(H2,29,30,32,33);1H4. The number of halogens is 1. The summed E-state index contributed by atoms with van der Waals surface area (Å²) in [6.45, 7) is 2.79. The van der Waals surface area contributed by atoms with E-state index in [9.17, 15) is 8.42 Å². The summed E-state index contributed by atoms with van der Waals surface area (Å²) < 4.78 is 28.7. The molecule has 4 rings (SSSR count). The molecule has 1 saturated carbocycles. The van der Waals surface area contributed by atoms with Crippen molar-refractivity contribution in [3.63, 3.8) is 0 Å². The molecule has 1 heterocycles. The highest BCUT2D eigenvalue weighted by atomic mass is 79.9. The van der Waals surface area contributed by atoms with E-state index in [0.29, 0.717) is 35.3 Å². The van der Waals surface area contributed by atoms with E-state index in [0.717, 1.165) is 68.3 Å². The van der Waals surface area contributed by atoms with Crippen LogP contribution in [0.3, 0.4) is 0 Å². The molecule has 1 fully saturated rings. The van der Waals surface area contributed by atoms with Crippen LogP contribution in [-0.4, -0.2) is 44.6 Å². The van der Waals surface area contributed by atoms with Crippen molar-refractivity contribution in [3.05, 3.63) is 53.0 Å². The van der Waals surface area contributed by atoms with E-state index in [1.165, 1.54) is 0 Å². The fraction of sp³-hybridized carbons (Fsp3) is 0.481. The topological polar surface area (TPSA) is 122 Å². The Morgan fingerprint density at radius 1 is 0.892 bits per heavy atom. The molecule has 37 heavy (non-hydrogen) atoms. The molecule has 1 aliphatic carbocycles. The Labute approximate surface area is 229 Å². The van der Waals surface area contributed by atoms with Crippen molar-refractivity contribution in [1.82, 2.24) is 14.7 Å². The van der Waals surface area contributed by atoms with E-state index in [4.69, 9.17) is 15.7 Å². The average Bonchev–Trinajstić information content (AvgIpc) is 2.89. The molecule has 0 aliphatic heterocycles. The molecule has 0 atom stereocenters. The van der Waals surface area contributed by atoms with E-state index in [-0.39, 0.29) is 12.3 Å². The van der Waals surface area contributed by atoms with Crippen molar-refractivity contribution in [3.8, 4) is 0 Å². The summed E-state index contributed by atoms with van der Waals surface area (Å²) in [7, 11) is -3.52. The van der Waals surface area contributed by atoms with Gasteiger partial charge in [0.1, 0.15) is 5.82 Å². The van der Waals surface area contributed by atoms with Crippen molar-refractivity contribution in [2.24, 2.45) is 17.6 Å². The number of nitrogens with one attached hydrogen (secondary N) is 3. The number of para-hydroxylation sites is 1. The molecule has 0 radical (unpaired) electrons. The van der Waals surface area contributed by atoms with Crippen molar-refractivity contribution >= 4 is 48.6 Å². The van der Waals surface area contributed by atoms with Gasteiger partial charge >= 0.3 is 0 Å². The van der Waals surface area contributed by atoms with Crippen LogP contribution in [0.15, 0.2) is 57.9 Å². The minimum Gasteiger partial charge on any atom is -0.369 e. The number of anilines is 2. The van der Waals surface area contributed by atoms with E-state index in [1.807, 2.05) is 30.3 Å². The maximum absolute atomic E-state index is 12.7. The zero-order valence-electron chi connectivity index (χ0n) is 20.4. The minimum absolute atomic E-state index is 0. The van der Waals surface area contributed by atoms with Crippen LogP contribution >= 0.6 is 15.9 Å². The number of hydrogen-bond acceptors (Lipinski definition) is 7. The number of benzene rings is 2. The Morgan fingerprint density at radius 3 is 2.30 bits per heavy atom. The number of unbranched alkanes of at least 4 members (excludes halogenated alkanes) is 1. The predicted octanol–water partition coefficient (Wildman–Crippen LogP) is 5.38. The zero-order chi connectivity index (χ0) is 25.4. The Kier molecular flexibility index (Phi) is 11.1. The Hall–Kier alpha value is -2.27. The second-order valence-electron chi connectivity index (χ2n) is 9.39. The molecule has 0 saturated heterocycles. The molecule has 0 spiro atoms. The van der Waals surface area contributed by atoms with Crippen LogP contribution in [0.4, 0.5) is 11.8 Å². The van der Waals surface area contributed by atoms with Gasteiger partial charge in [-0.15, -0.1) is 0 Å². The number of nitrogens with two attached hydrogens (primary N) is 1. The first-order valence-electron chi connectivity index (χ1n) is 12.6. The van der Waals surface area contributed by atoms with Gasteiger partial charge in [-0.3, -0.25) is 0 Å². The summed E-state index contributed by atoms with van der Waals surface area (Å²) >= 11 is 3.33. The summed E-state index contributed by atoms with van der Waals surface area (Å²) in [5.74, 6) is 2.34. The fourth-order valence-corrected chi connectivity index (χ4v) is 6.73. The van der Waals surface area contributed by atoms with Crippen molar-refractivity contribution in [1.29, 1.82) is 0 Å². The van der Waals surface area contributed by atoms with Crippen LogP contribution < -0.4 is 21.1 Å². The molecule has 1 aliphatic rings. The molecule has 0 bridgehead atoms. The first-order valence-corrected chi connectivity index (χ1v) is 14.9. The van der Waals surface area contributed by atoms with Gasteiger partial charge in [0.05, 0.1) is 10.4 Å². The van der Waals surface area contributed by atoms with Gasteiger partial charge in [-0.05, 0) is 97.1 Å². The molecular formula is C27H39BrN6O2S. The van der Waals surface area contributed by atoms with Crippen molar-refractivity contribution in [2.45, 2.75) is 50.8 Å². The van der Waals surface area contributed by atoms with Gasteiger partial charge < -0.3 is 16.4 Å². The first-order chi connectivity index (χ1) is 17.5. The van der Waals surface area contributed by atoms with Crippen molar-refractivity contribution in [2.75, 3.05) is 36.8 Å². The number of rotatable bonds is 12. The molecule has 202 valence electrons. The summed E-state index contributed by atoms with van der Waals surface area (Å²) in [4.78, 5) is 9.74. The van der Waals surface area contributed by atoms with Crippen molar-refractivity contribution < 1.29 is 8.42 Å². The maximum atomic E-state index is 12.7.